The monoisotopic (exact) mass is 425 g/mol. The number of amides is 2. The molecule has 164 valence electrons. The Morgan fingerprint density at radius 1 is 1.23 bits per heavy atom. The second kappa shape index (κ2) is 10.7. The second-order valence-corrected chi connectivity index (χ2v) is 7.28. The highest BCUT2D eigenvalue weighted by molar-refractivity contribution is 5.95. The average Bonchev–Trinajstić information content (AvgIpc) is 3.20. The Morgan fingerprint density at radius 3 is 2.61 bits per heavy atom. The highest BCUT2D eigenvalue weighted by Crippen LogP contribution is 2.29. The Labute approximate surface area is 181 Å². The number of cyclic esters (lactones) is 1. The van der Waals surface area contributed by atoms with Crippen LogP contribution in [0.25, 0.3) is 0 Å². The van der Waals surface area contributed by atoms with Gasteiger partial charge in [-0.15, -0.1) is 0 Å². The van der Waals surface area contributed by atoms with Gasteiger partial charge in [0, 0.05) is 0 Å². The molecule has 0 aromatic heterocycles. The lowest BCUT2D eigenvalue weighted by molar-refractivity contribution is -0.135. The molecule has 2 amide bonds. The van der Waals surface area contributed by atoms with Crippen LogP contribution in [0.2, 0.25) is 0 Å². The zero-order chi connectivity index (χ0) is 22.2. The van der Waals surface area contributed by atoms with Crippen molar-refractivity contribution in [3.05, 3.63) is 77.9 Å². The van der Waals surface area contributed by atoms with Gasteiger partial charge < -0.3 is 19.3 Å². The summed E-state index contributed by atoms with van der Waals surface area (Å²) in [6.45, 7) is 2.38. The molecule has 2 aromatic carbocycles. The first-order valence-electron chi connectivity index (χ1n) is 10.1. The number of aliphatic hydroxyl groups is 1. The van der Waals surface area contributed by atoms with E-state index >= 15 is 0 Å². The third-order valence-corrected chi connectivity index (χ3v) is 5.17. The van der Waals surface area contributed by atoms with E-state index in [-0.39, 0.29) is 13.2 Å². The maximum Gasteiger partial charge on any atom is 0.417 e. The minimum atomic E-state index is -1.05. The van der Waals surface area contributed by atoms with Gasteiger partial charge in [0.15, 0.2) is 0 Å². The van der Waals surface area contributed by atoms with E-state index in [1.54, 1.807) is 20.1 Å². The molecule has 1 heterocycles. The molecule has 1 N–H and O–H groups in total. The fourth-order valence-corrected chi connectivity index (χ4v) is 3.28. The Kier molecular flexibility index (Phi) is 7.81. The molecule has 7 heteroatoms. The number of imide groups is 1. The van der Waals surface area contributed by atoms with Crippen LogP contribution in [0.3, 0.4) is 0 Å². The van der Waals surface area contributed by atoms with Crippen LogP contribution in [-0.2, 0) is 20.9 Å². The van der Waals surface area contributed by atoms with Crippen molar-refractivity contribution in [3.63, 3.8) is 0 Å². The van der Waals surface area contributed by atoms with Gasteiger partial charge in [-0.2, -0.15) is 0 Å². The summed E-state index contributed by atoms with van der Waals surface area (Å²) < 4.78 is 15.8. The van der Waals surface area contributed by atoms with Gasteiger partial charge in [0.2, 0.25) is 5.91 Å². The molecule has 1 saturated heterocycles. The number of carbonyl (C=O) groups excluding carboxylic acids is 2. The van der Waals surface area contributed by atoms with E-state index in [1.165, 1.54) is 6.08 Å². The topological polar surface area (TPSA) is 85.3 Å². The summed E-state index contributed by atoms with van der Waals surface area (Å²) >= 11 is 0. The quantitative estimate of drug-likeness (QED) is 0.489. The van der Waals surface area contributed by atoms with Gasteiger partial charge >= 0.3 is 6.09 Å². The van der Waals surface area contributed by atoms with E-state index in [0.29, 0.717) is 6.61 Å². The zero-order valence-electron chi connectivity index (χ0n) is 17.6. The molecular formula is C24H27NO6. The van der Waals surface area contributed by atoms with Crippen molar-refractivity contribution in [3.8, 4) is 5.75 Å². The summed E-state index contributed by atoms with van der Waals surface area (Å²) in [6.07, 6.45) is 1.43. The summed E-state index contributed by atoms with van der Waals surface area (Å²) in [4.78, 5) is 26.1. The number of benzene rings is 2. The highest BCUT2D eigenvalue weighted by atomic mass is 16.6. The average molecular weight is 425 g/mol. The first-order valence-corrected chi connectivity index (χ1v) is 10.1. The highest BCUT2D eigenvalue weighted by Gasteiger charge is 2.41. The molecule has 1 aliphatic heterocycles. The zero-order valence-corrected chi connectivity index (χ0v) is 17.6. The van der Waals surface area contributed by atoms with Crippen LogP contribution < -0.4 is 4.74 Å². The number of hydrogen-bond donors (Lipinski definition) is 1. The lowest BCUT2D eigenvalue weighted by Gasteiger charge is -2.24. The van der Waals surface area contributed by atoms with Gasteiger partial charge in [0.25, 0.3) is 0 Å². The van der Waals surface area contributed by atoms with Crippen molar-refractivity contribution >= 4 is 12.0 Å². The van der Waals surface area contributed by atoms with Gasteiger partial charge in [-0.25, -0.2) is 9.69 Å². The molecule has 31 heavy (non-hydrogen) atoms. The molecule has 0 unspecified atom stereocenters. The summed E-state index contributed by atoms with van der Waals surface area (Å²) in [5.74, 6) is -0.510. The van der Waals surface area contributed by atoms with Crippen LogP contribution in [0.15, 0.2) is 66.7 Å². The number of methoxy groups -OCH3 is 1. The van der Waals surface area contributed by atoms with Gasteiger partial charge in [0.05, 0.1) is 32.3 Å². The van der Waals surface area contributed by atoms with E-state index in [0.717, 1.165) is 21.8 Å². The first kappa shape index (κ1) is 22.5. The van der Waals surface area contributed by atoms with Crippen LogP contribution in [0, 0.1) is 5.92 Å². The Balaban J connectivity index is 1.51. The minimum Gasteiger partial charge on any atom is -0.497 e. The Morgan fingerprint density at radius 2 is 1.94 bits per heavy atom. The number of rotatable bonds is 9. The number of nitrogens with zero attached hydrogens (tertiary/aromatic N) is 1. The van der Waals surface area contributed by atoms with Crippen molar-refractivity contribution in [2.45, 2.75) is 25.7 Å². The van der Waals surface area contributed by atoms with Gasteiger partial charge in [-0.3, -0.25) is 4.79 Å². The van der Waals surface area contributed by atoms with Crippen molar-refractivity contribution in [1.29, 1.82) is 0 Å². The molecule has 3 atom stereocenters. The minimum absolute atomic E-state index is 0.104. The van der Waals surface area contributed by atoms with Crippen molar-refractivity contribution < 1.29 is 28.9 Å². The van der Waals surface area contributed by atoms with Crippen molar-refractivity contribution in [2.75, 3.05) is 20.3 Å². The smallest absolute Gasteiger partial charge is 0.417 e. The molecule has 3 rings (SSSR count). The molecule has 0 radical (unpaired) electrons. The standard InChI is InChI=1S/C24H27NO6/c1-17(22(26)9-6-14-30-15-18-10-12-20(29-2)13-11-18)23(27)25-21(16-31-24(25)28)19-7-4-3-5-8-19/h3-13,17,21-22,26H,14-16H2,1-2H3/b9-6+/t17-,21+,22+/m1/s1. The van der Waals surface area contributed by atoms with E-state index in [4.69, 9.17) is 14.2 Å². The fraction of sp³-hybridized carbons (Fsp3) is 0.333. The maximum absolute atomic E-state index is 12.9. The second-order valence-electron chi connectivity index (χ2n) is 7.28. The van der Waals surface area contributed by atoms with Crippen LogP contribution >= 0.6 is 0 Å². The normalized spacial score (nSPS) is 18.1. The molecule has 2 aromatic rings. The van der Waals surface area contributed by atoms with Gasteiger partial charge in [-0.05, 0) is 23.3 Å². The molecule has 0 spiro atoms. The third kappa shape index (κ3) is 5.71. The largest absolute Gasteiger partial charge is 0.497 e. The van der Waals surface area contributed by atoms with E-state index < -0.39 is 30.1 Å². The molecule has 1 fully saturated rings. The lowest BCUT2D eigenvalue weighted by Crippen LogP contribution is -2.41. The lowest BCUT2D eigenvalue weighted by atomic mass is 10.00. The molecule has 0 saturated carbocycles. The predicted molar refractivity (Wildman–Crippen MR) is 114 cm³/mol. The molecule has 0 bridgehead atoms. The number of aliphatic hydroxyl groups excluding tert-OH is 1. The molecular weight excluding hydrogens is 398 g/mol. The number of carbonyl (C=O) groups is 2. The van der Waals surface area contributed by atoms with E-state index in [9.17, 15) is 14.7 Å². The van der Waals surface area contributed by atoms with Crippen LogP contribution in [0.1, 0.15) is 24.1 Å². The molecule has 0 aliphatic carbocycles. The summed E-state index contributed by atoms with van der Waals surface area (Å²) in [5.41, 5.74) is 1.81. The SMILES string of the molecule is COc1ccc(COC/C=C/[C@H](O)[C@@H](C)C(=O)N2C(=O)OC[C@H]2c2ccccc2)cc1. The van der Waals surface area contributed by atoms with Crippen LogP contribution in [0.4, 0.5) is 4.79 Å². The number of ether oxygens (including phenoxy) is 3. The van der Waals surface area contributed by atoms with Gasteiger partial charge in [0.1, 0.15) is 18.4 Å². The summed E-state index contributed by atoms with van der Waals surface area (Å²) in [5, 5.41) is 10.4. The maximum atomic E-state index is 12.9. The van der Waals surface area contributed by atoms with Crippen molar-refractivity contribution in [2.24, 2.45) is 5.92 Å². The summed E-state index contributed by atoms with van der Waals surface area (Å²) in [7, 11) is 1.61. The van der Waals surface area contributed by atoms with E-state index in [1.807, 2.05) is 54.6 Å². The van der Waals surface area contributed by atoms with Crippen LogP contribution in [-0.4, -0.2) is 48.4 Å². The fourth-order valence-electron chi connectivity index (χ4n) is 3.28. The third-order valence-electron chi connectivity index (χ3n) is 5.17. The van der Waals surface area contributed by atoms with Gasteiger partial charge in [-0.1, -0.05) is 61.5 Å². The Bertz CT molecular complexity index is 896. The molecule has 1 aliphatic rings. The van der Waals surface area contributed by atoms with E-state index in [2.05, 4.69) is 0 Å². The first-order chi connectivity index (χ1) is 15.0. The predicted octanol–water partition coefficient (Wildman–Crippen LogP) is 3.49. The summed E-state index contributed by atoms with van der Waals surface area (Å²) in [6, 6.07) is 16.3. The van der Waals surface area contributed by atoms with Crippen LogP contribution in [0.5, 0.6) is 5.75 Å². The molecule has 7 nitrogen and oxygen atoms in total. The Hall–Kier alpha value is -3.16. The number of hydrogen-bond acceptors (Lipinski definition) is 6. The van der Waals surface area contributed by atoms with Crippen molar-refractivity contribution in [1.82, 2.24) is 4.90 Å².